The number of nitrogens with zero attached hydrogens (tertiary/aromatic N) is 1. The van der Waals surface area contributed by atoms with Crippen LogP contribution >= 0.6 is 0 Å². The van der Waals surface area contributed by atoms with Crippen LogP contribution in [0.25, 0.3) is 0 Å². The molecule has 0 aromatic heterocycles. The summed E-state index contributed by atoms with van der Waals surface area (Å²) < 4.78 is 0. The van der Waals surface area contributed by atoms with Crippen molar-refractivity contribution in [2.24, 2.45) is 11.8 Å². The fraction of sp³-hybridized carbons (Fsp3) is 0.524. The lowest BCUT2D eigenvalue weighted by Gasteiger charge is -2.62. The highest BCUT2D eigenvalue weighted by Gasteiger charge is 2.62. The van der Waals surface area contributed by atoms with E-state index in [9.17, 15) is 15.0 Å². The predicted octanol–water partition coefficient (Wildman–Crippen LogP) is 2.40. The summed E-state index contributed by atoms with van der Waals surface area (Å²) in [6.07, 6.45) is 4.40. The smallest absolute Gasteiger partial charge is 0.223 e. The first-order valence-corrected chi connectivity index (χ1v) is 9.35. The molecule has 1 amide bonds. The second kappa shape index (κ2) is 5.55. The van der Waals surface area contributed by atoms with Crippen LogP contribution in [0.3, 0.4) is 0 Å². The summed E-state index contributed by atoms with van der Waals surface area (Å²) in [5, 5.41) is 19.9. The zero-order valence-corrected chi connectivity index (χ0v) is 14.3. The minimum Gasteiger partial charge on any atom is -0.389 e. The summed E-state index contributed by atoms with van der Waals surface area (Å²) >= 11 is 0. The highest BCUT2D eigenvalue weighted by molar-refractivity contribution is 5.79. The molecule has 131 valence electrons. The zero-order chi connectivity index (χ0) is 17.2. The number of aliphatic hydroxyl groups excluding tert-OH is 2. The van der Waals surface area contributed by atoms with Gasteiger partial charge >= 0.3 is 0 Å². The molecule has 2 N–H and O–H groups in total. The SMILES string of the molecule is O=C(CC1(c2ccccc2)C2C[C]3CC1C[C](C2)[C]3O)N1CC(O)C1. The molecule has 4 saturated carbocycles. The molecule has 0 atom stereocenters. The number of likely N-dealkylation sites (tertiary alicyclic amines) is 1. The van der Waals surface area contributed by atoms with Crippen molar-refractivity contribution in [3.8, 4) is 0 Å². The van der Waals surface area contributed by atoms with E-state index >= 15 is 0 Å². The van der Waals surface area contributed by atoms with Gasteiger partial charge in [-0.3, -0.25) is 4.79 Å². The van der Waals surface area contributed by atoms with Crippen molar-refractivity contribution in [3.63, 3.8) is 0 Å². The molecule has 0 unspecified atom stereocenters. The Labute approximate surface area is 148 Å². The molecule has 4 heteroatoms. The minimum atomic E-state index is -0.354. The lowest BCUT2D eigenvalue weighted by molar-refractivity contribution is -0.145. The first-order valence-electron chi connectivity index (χ1n) is 9.35. The fourth-order valence-electron chi connectivity index (χ4n) is 5.83. The molecule has 6 rings (SSSR count). The Bertz CT molecular complexity index is 637. The number of amides is 1. The lowest BCUT2D eigenvalue weighted by Crippen LogP contribution is -2.60. The second-order valence-corrected chi connectivity index (χ2v) is 8.30. The summed E-state index contributed by atoms with van der Waals surface area (Å²) in [7, 11) is 0. The van der Waals surface area contributed by atoms with Gasteiger partial charge in [-0.1, -0.05) is 30.3 Å². The Balaban J connectivity index is 1.51. The van der Waals surface area contributed by atoms with Crippen molar-refractivity contribution in [1.29, 1.82) is 0 Å². The van der Waals surface area contributed by atoms with Gasteiger partial charge in [0.1, 0.15) is 6.10 Å². The normalized spacial score (nSPS) is 36.0. The molecule has 5 aliphatic rings. The van der Waals surface area contributed by atoms with E-state index in [0.29, 0.717) is 37.5 Å². The molecule has 5 fully saturated rings. The molecule has 3 radical (unpaired) electrons. The summed E-state index contributed by atoms with van der Waals surface area (Å²) in [6, 6.07) is 10.5. The Morgan fingerprint density at radius 3 is 2.12 bits per heavy atom. The molecule has 1 aromatic carbocycles. The Kier molecular flexibility index (Phi) is 3.52. The first-order chi connectivity index (χ1) is 12.1. The molecule has 1 aromatic rings. The van der Waals surface area contributed by atoms with Gasteiger partial charge in [0, 0.05) is 36.8 Å². The van der Waals surface area contributed by atoms with E-state index in [1.807, 2.05) is 6.07 Å². The summed E-state index contributed by atoms with van der Waals surface area (Å²) in [4.78, 5) is 14.7. The van der Waals surface area contributed by atoms with E-state index < -0.39 is 0 Å². The van der Waals surface area contributed by atoms with Crippen LogP contribution in [-0.2, 0) is 10.2 Å². The van der Waals surface area contributed by atoms with Crippen LogP contribution in [0.2, 0.25) is 0 Å². The summed E-state index contributed by atoms with van der Waals surface area (Å²) in [5.74, 6) is 3.39. The third-order valence-electron chi connectivity index (χ3n) is 7.07. The standard InChI is InChI=1S/C21H24NO3/c23-18-11-22(12-18)19(24)10-21(15-4-2-1-3-5-15)16-6-13-7-17(21)9-14(8-16)20(13)25/h1-5,16-18,23,25H,6-12H2. The Morgan fingerprint density at radius 2 is 1.60 bits per heavy atom. The summed E-state index contributed by atoms with van der Waals surface area (Å²) in [6.45, 7) is 0.949. The van der Waals surface area contributed by atoms with Crippen molar-refractivity contribution in [3.05, 3.63) is 53.8 Å². The molecule has 1 aliphatic heterocycles. The van der Waals surface area contributed by atoms with Crippen LogP contribution in [0.5, 0.6) is 0 Å². The van der Waals surface area contributed by atoms with Crippen molar-refractivity contribution in [2.75, 3.05) is 13.1 Å². The van der Waals surface area contributed by atoms with E-state index in [0.717, 1.165) is 25.7 Å². The first kappa shape index (κ1) is 15.8. The van der Waals surface area contributed by atoms with Gasteiger partial charge in [0.15, 0.2) is 0 Å². The molecule has 4 nitrogen and oxygen atoms in total. The van der Waals surface area contributed by atoms with Crippen molar-refractivity contribution < 1.29 is 15.0 Å². The van der Waals surface area contributed by atoms with Crippen LogP contribution in [0.15, 0.2) is 30.3 Å². The zero-order valence-electron chi connectivity index (χ0n) is 14.3. The molecule has 1 saturated heterocycles. The van der Waals surface area contributed by atoms with Crippen molar-refractivity contribution in [2.45, 2.75) is 43.6 Å². The van der Waals surface area contributed by atoms with E-state index in [-0.39, 0.29) is 17.4 Å². The molecule has 25 heavy (non-hydrogen) atoms. The van der Waals surface area contributed by atoms with E-state index in [1.165, 1.54) is 17.4 Å². The van der Waals surface area contributed by atoms with Crippen molar-refractivity contribution >= 4 is 5.91 Å². The quantitative estimate of drug-likeness (QED) is 0.890. The lowest BCUT2D eigenvalue weighted by atomic mass is 9.42. The number of hydrogen-bond donors (Lipinski definition) is 2. The highest BCUT2D eigenvalue weighted by Crippen LogP contribution is 2.67. The maximum Gasteiger partial charge on any atom is 0.223 e. The van der Waals surface area contributed by atoms with E-state index in [2.05, 4.69) is 24.3 Å². The Hall–Kier alpha value is -1.39. The van der Waals surface area contributed by atoms with Gasteiger partial charge < -0.3 is 15.1 Å². The second-order valence-electron chi connectivity index (χ2n) is 8.30. The van der Waals surface area contributed by atoms with Crippen LogP contribution in [-0.4, -0.2) is 40.2 Å². The van der Waals surface area contributed by atoms with Gasteiger partial charge in [-0.15, -0.1) is 0 Å². The number of aliphatic hydroxyl groups is 2. The molecular weight excluding hydrogens is 314 g/mol. The third kappa shape index (κ3) is 2.23. The number of rotatable bonds is 3. The highest BCUT2D eigenvalue weighted by atomic mass is 16.3. The molecule has 4 aliphatic carbocycles. The van der Waals surface area contributed by atoms with Crippen LogP contribution in [0.4, 0.5) is 0 Å². The fourth-order valence-corrected chi connectivity index (χ4v) is 5.83. The average Bonchev–Trinajstić information content (AvgIpc) is 2.58. The predicted molar refractivity (Wildman–Crippen MR) is 92.4 cm³/mol. The van der Waals surface area contributed by atoms with Gasteiger partial charge in [0.25, 0.3) is 0 Å². The third-order valence-corrected chi connectivity index (χ3v) is 7.07. The maximum absolute atomic E-state index is 13.0. The number of carbonyl (C=O) groups excluding carboxylic acids is 1. The molecule has 0 spiro atoms. The van der Waals surface area contributed by atoms with Crippen molar-refractivity contribution in [1.82, 2.24) is 4.90 Å². The minimum absolute atomic E-state index is 0.132. The van der Waals surface area contributed by atoms with Gasteiger partial charge in [-0.2, -0.15) is 0 Å². The monoisotopic (exact) mass is 338 g/mol. The number of benzene rings is 1. The van der Waals surface area contributed by atoms with Gasteiger partial charge in [0.2, 0.25) is 5.91 Å². The van der Waals surface area contributed by atoms with Crippen LogP contribution in [0.1, 0.15) is 37.7 Å². The number of β-amino-alcohol motifs (C(OH)–C–C–N with tert-alkyl or cyclic N) is 1. The van der Waals surface area contributed by atoms with Gasteiger partial charge in [0.05, 0.1) is 6.10 Å². The van der Waals surface area contributed by atoms with Crippen LogP contribution in [0, 0.1) is 29.8 Å². The summed E-state index contributed by atoms with van der Waals surface area (Å²) in [5.41, 5.74) is 1.14. The van der Waals surface area contributed by atoms with Crippen LogP contribution < -0.4 is 0 Å². The van der Waals surface area contributed by atoms with Gasteiger partial charge in [-0.05, 0) is 43.1 Å². The molecule has 4 bridgehead atoms. The molecule has 1 heterocycles. The number of carbonyl (C=O) groups is 1. The van der Waals surface area contributed by atoms with Gasteiger partial charge in [-0.25, -0.2) is 0 Å². The maximum atomic E-state index is 13.0. The largest absolute Gasteiger partial charge is 0.389 e. The Morgan fingerprint density at radius 1 is 1.04 bits per heavy atom. The number of hydrogen-bond acceptors (Lipinski definition) is 3. The topological polar surface area (TPSA) is 60.8 Å². The molecular formula is C21H24NO3. The van der Waals surface area contributed by atoms with E-state index in [4.69, 9.17) is 0 Å². The average molecular weight is 338 g/mol. The van der Waals surface area contributed by atoms with E-state index in [1.54, 1.807) is 4.90 Å².